The molecule has 0 saturated carbocycles. The topological polar surface area (TPSA) is 43.4 Å². The molecule has 3 nitrogen and oxygen atoms in total. The van der Waals surface area contributed by atoms with Gasteiger partial charge in [0.2, 0.25) is 11.6 Å². The predicted octanol–water partition coefficient (Wildman–Crippen LogP) is 3.45. The number of hydrogen-bond donors (Lipinski definition) is 0. The molecule has 0 amide bonds. The van der Waals surface area contributed by atoms with Gasteiger partial charge in [-0.3, -0.25) is 9.59 Å². The highest BCUT2D eigenvalue weighted by Crippen LogP contribution is 2.38. The minimum Gasteiger partial charge on any atom is -0.493 e. The second kappa shape index (κ2) is 4.95. The molecule has 1 aliphatic carbocycles. The van der Waals surface area contributed by atoms with E-state index in [2.05, 4.69) is 0 Å². The Balaban J connectivity index is 3.50. The van der Waals surface area contributed by atoms with Gasteiger partial charge in [-0.15, -0.1) is 0 Å². The molecule has 0 bridgehead atoms. The fraction of sp³-hybridized carbons (Fsp3) is 0.625. The van der Waals surface area contributed by atoms with E-state index < -0.39 is 17.0 Å². The highest BCUT2D eigenvalue weighted by molar-refractivity contribution is 6.50. The van der Waals surface area contributed by atoms with E-state index in [1.165, 1.54) is 0 Å². The van der Waals surface area contributed by atoms with Crippen LogP contribution < -0.4 is 0 Å². The van der Waals surface area contributed by atoms with E-state index in [1.54, 1.807) is 6.08 Å². The van der Waals surface area contributed by atoms with E-state index in [0.717, 1.165) is 0 Å². The summed E-state index contributed by atoms with van der Waals surface area (Å²) in [5.41, 5.74) is 0.233. The molecule has 0 aliphatic heterocycles. The van der Waals surface area contributed by atoms with Crippen LogP contribution in [-0.2, 0) is 14.3 Å². The van der Waals surface area contributed by atoms with Gasteiger partial charge in [0.15, 0.2) is 0 Å². The first-order valence-electron chi connectivity index (χ1n) is 6.69. The lowest BCUT2D eigenvalue weighted by Gasteiger charge is -2.31. The first-order valence-corrected chi connectivity index (χ1v) is 6.69. The molecule has 0 spiro atoms. The van der Waals surface area contributed by atoms with E-state index in [4.69, 9.17) is 4.74 Å². The molecular weight excluding hydrogens is 240 g/mol. The molecule has 0 atom stereocenters. The Kier molecular flexibility index (Phi) is 4.08. The van der Waals surface area contributed by atoms with Crippen molar-refractivity contribution in [2.75, 3.05) is 6.61 Å². The molecule has 0 aromatic carbocycles. The van der Waals surface area contributed by atoms with Gasteiger partial charge in [0, 0.05) is 5.57 Å². The van der Waals surface area contributed by atoms with E-state index in [9.17, 15) is 9.59 Å². The highest BCUT2D eigenvalue weighted by atomic mass is 16.5. The third-order valence-electron chi connectivity index (χ3n) is 3.06. The van der Waals surface area contributed by atoms with Crippen LogP contribution in [0.5, 0.6) is 0 Å². The molecule has 0 saturated heterocycles. The van der Waals surface area contributed by atoms with Crippen LogP contribution >= 0.6 is 0 Å². The Morgan fingerprint density at radius 3 is 1.84 bits per heavy atom. The van der Waals surface area contributed by atoms with Crippen molar-refractivity contribution in [3.63, 3.8) is 0 Å². The van der Waals surface area contributed by atoms with Crippen LogP contribution in [0.1, 0.15) is 48.5 Å². The number of rotatable bonds is 2. The lowest BCUT2D eigenvalue weighted by molar-refractivity contribution is -0.133. The fourth-order valence-electron chi connectivity index (χ4n) is 2.15. The summed E-state index contributed by atoms with van der Waals surface area (Å²) in [6.45, 7) is 13.9. The summed E-state index contributed by atoms with van der Waals surface area (Å²) in [6, 6.07) is 0. The summed E-state index contributed by atoms with van der Waals surface area (Å²) >= 11 is 0. The number of carbonyl (C=O) groups excluding carboxylic acids is 2. The third-order valence-corrected chi connectivity index (χ3v) is 3.06. The normalized spacial score (nSPS) is 17.7. The average molecular weight is 264 g/mol. The number of Topliss-reactive ketones (excluding diaryl/α,β-unsaturated/α-hetero) is 2. The van der Waals surface area contributed by atoms with Crippen molar-refractivity contribution < 1.29 is 14.3 Å². The van der Waals surface area contributed by atoms with Crippen molar-refractivity contribution in [3.8, 4) is 0 Å². The summed E-state index contributed by atoms with van der Waals surface area (Å²) in [5.74, 6) is -0.284. The first kappa shape index (κ1) is 15.7. The maximum Gasteiger partial charge on any atom is 0.233 e. The second-order valence-corrected chi connectivity index (χ2v) is 6.89. The maximum absolute atomic E-state index is 12.4. The van der Waals surface area contributed by atoms with Crippen LogP contribution in [0, 0.1) is 10.8 Å². The van der Waals surface area contributed by atoms with Gasteiger partial charge in [0.05, 0.1) is 12.2 Å². The molecule has 0 heterocycles. The minimum absolute atomic E-state index is 0.363. The Labute approximate surface area is 115 Å². The van der Waals surface area contributed by atoms with Gasteiger partial charge in [-0.25, -0.2) is 0 Å². The number of allylic oxidation sites excluding steroid dienone is 3. The number of carbonyl (C=O) groups is 2. The lowest BCUT2D eigenvalue weighted by Crippen LogP contribution is -2.34. The molecule has 0 aromatic rings. The Bertz CT molecular complexity index is 465. The average Bonchev–Trinajstić information content (AvgIpc) is 2.19. The monoisotopic (exact) mass is 264 g/mol. The number of ketones is 2. The van der Waals surface area contributed by atoms with Crippen molar-refractivity contribution in [1.29, 1.82) is 0 Å². The van der Waals surface area contributed by atoms with E-state index in [0.29, 0.717) is 23.5 Å². The zero-order valence-electron chi connectivity index (χ0n) is 13.0. The molecule has 106 valence electrons. The SMILES string of the molecule is CCOC1=C(C(C)(C)C)C(=O)C(=O)C(C(C)(C)C)=C1. The van der Waals surface area contributed by atoms with Crippen LogP contribution in [-0.4, -0.2) is 18.2 Å². The molecule has 0 fully saturated rings. The molecule has 0 unspecified atom stereocenters. The molecule has 1 aliphatic rings. The minimum atomic E-state index is -0.427. The fourth-order valence-corrected chi connectivity index (χ4v) is 2.15. The summed E-state index contributed by atoms with van der Waals surface area (Å²) in [4.78, 5) is 24.7. The van der Waals surface area contributed by atoms with Gasteiger partial charge in [-0.1, -0.05) is 41.5 Å². The summed E-state index contributed by atoms with van der Waals surface area (Å²) in [7, 11) is 0. The molecule has 0 radical (unpaired) electrons. The van der Waals surface area contributed by atoms with Crippen molar-refractivity contribution in [3.05, 3.63) is 23.0 Å². The summed E-state index contributed by atoms with van der Waals surface area (Å²) < 4.78 is 5.60. The summed E-state index contributed by atoms with van der Waals surface area (Å²) in [5, 5.41) is 0. The van der Waals surface area contributed by atoms with E-state index in [1.807, 2.05) is 48.5 Å². The second-order valence-electron chi connectivity index (χ2n) is 6.89. The smallest absolute Gasteiger partial charge is 0.233 e. The van der Waals surface area contributed by atoms with Crippen molar-refractivity contribution >= 4 is 11.6 Å². The van der Waals surface area contributed by atoms with Crippen LogP contribution in [0.2, 0.25) is 0 Å². The van der Waals surface area contributed by atoms with Crippen LogP contribution in [0.4, 0.5) is 0 Å². The van der Waals surface area contributed by atoms with Gasteiger partial charge >= 0.3 is 0 Å². The van der Waals surface area contributed by atoms with Gasteiger partial charge < -0.3 is 4.74 Å². The predicted molar refractivity (Wildman–Crippen MR) is 75.7 cm³/mol. The largest absolute Gasteiger partial charge is 0.493 e. The molecule has 19 heavy (non-hydrogen) atoms. The zero-order chi connectivity index (χ0) is 15.0. The molecular formula is C16H24O3. The lowest BCUT2D eigenvalue weighted by atomic mass is 9.73. The maximum atomic E-state index is 12.4. The molecule has 0 N–H and O–H groups in total. The van der Waals surface area contributed by atoms with Gasteiger partial charge in [-0.05, 0) is 23.8 Å². The quantitative estimate of drug-likeness (QED) is 0.567. The molecule has 1 rings (SSSR count). The van der Waals surface area contributed by atoms with E-state index in [-0.39, 0.29) is 5.41 Å². The van der Waals surface area contributed by atoms with Crippen LogP contribution in [0.3, 0.4) is 0 Å². The van der Waals surface area contributed by atoms with Crippen LogP contribution in [0.15, 0.2) is 23.0 Å². The van der Waals surface area contributed by atoms with Crippen molar-refractivity contribution in [2.45, 2.75) is 48.5 Å². The van der Waals surface area contributed by atoms with Crippen molar-refractivity contribution in [1.82, 2.24) is 0 Å². The molecule has 3 heteroatoms. The zero-order valence-corrected chi connectivity index (χ0v) is 13.0. The number of ether oxygens (including phenoxy) is 1. The Morgan fingerprint density at radius 1 is 0.947 bits per heavy atom. The van der Waals surface area contributed by atoms with Gasteiger partial charge in [0.1, 0.15) is 5.76 Å². The summed E-state index contributed by atoms with van der Waals surface area (Å²) in [6.07, 6.45) is 1.74. The van der Waals surface area contributed by atoms with Crippen LogP contribution in [0.25, 0.3) is 0 Å². The first-order chi connectivity index (χ1) is 8.50. The van der Waals surface area contributed by atoms with Crippen molar-refractivity contribution in [2.24, 2.45) is 10.8 Å². The Hall–Kier alpha value is -1.38. The van der Waals surface area contributed by atoms with Gasteiger partial charge in [-0.2, -0.15) is 0 Å². The van der Waals surface area contributed by atoms with Gasteiger partial charge in [0.25, 0.3) is 0 Å². The molecule has 0 aromatic heterocycles. The standard InChI is InChI=1S/C16H24O3/c1-8-19-11-9-10(15(2,3)4)13(17)14(18)12(11)16(5,6)7/h9H,8H2,1-7H3. The Morgan fingerprint density at radius 2 is 1.47 bits per heavy atom. The van der Waals surface area contributed by atoms with E-state index >= 15 is 0 Å². The third kappa shape index (κ3) is 3.14. The highest BCUT2D eigenvalue weighted by Gasteiger charge is 2.40. The number of hydrogen-bond acceptors (Lipinski definition) is 3.